The van der Waals surface area contributed by atoms with Crippen molar-refractivity contribution in [3.05, 3.63) is 11.1 Å². The number of hydrogen-bond donors (Lipinski definition) is 0. The lowest BCUT2D eigenvalue weighted by atomic mass is 9.82. The summed E-state index contributed by atoms with van der Waals surface area (Å²) in [6.45, 7) is 7.59. The topological polar surface area (TPSA) is 3.24 Å². The van der Waals surface area contributed by atoms with Gasteiger partial charge in [0.2, 0.25) is 0 Å². The van der Waals surface area contributed by atoms with Gasteiger partial charge in [-0.3, -0.25) is 4.90 Å². The SMILES string of the molecule is C=C(Br)CN1C[C@H]2CCCC[C@H]2C1. The highest BCUT2D eigenvalue weighted by molar-refractivity contribution is 9.11. The summed E-state index contributed by atoms with van der Waals surface area (Å²) in [7, 11) is 0. The van der Waals surface area contributed by atoms with Crippen molar-refractivity contribution in [2.24, 2.45) is 11.8 Å². The van der Waals surface area contributed by atoms with Gasteiger partial charge >= 0.3 is 0 Å². The Morgan fingerprint density at radius 2 is 1.77 bits per heavy atom. The minimum absolute atomic E-state index is 1.00. The standard InChI is InChI=1S/C11H18BrN/c1-9(12)6-13-7-10-4-2-3-5-11(10)8-13/h10-11H,1-8H2/t10-,11+. The zero-order chi connectivity index (χ0) is 9.26. The quantitative estimate of drug-likeness (QED) is 0.721. The van der Waals surface area contributed by atoms with Gasteiger partial charge in [0.1, 0.15) is 0 Å². The third-order valence-corrected chi connectivity index (χ3v) is 3.70. The molecule has 0 spiro atoms. The predicted molar refractivity (Wildman–Crippen MR) is 60.0 cm³/mol. The first kappa shape index (κ1) is 9.72. The average molecular weight is 244 g/mol. The van der Waals surface area contributed by atoms with Gasteiger partial charge in [0.15, 0.2) is 0 Å². The molecule has 13 heavy (non-hydrogen) atoms. The molecule has 1 aliphatic carbocycles. The van der Waals surface area contributed by atoms with Crippen molar-refractivity contribution >= 4 is 15.9 Å². The highest BCUT2D eigenvalue weighted by Crippen LogP contribution is 2.36. The normalized spacial score (nSPS) is 34.5. The molecular formula is C11H18BrN. The third kappa shape index (κ3) is 2.35. The smallest absolute Gasteiger partial charge is 0.0294 e. The lowest BCUT2D eigenvalue weighted by Crippen LogP contribution is -2.21. The lowest BCUT2D eigenvalue weighted by Gasteiger charge is -2.23. The molecule has 1 heterocycles. The minimum Gasteiger partial charge on any atom is -0.298 e. The lowest BCUT2D eigenvalue weighted by molar-refractivity contribution is 0.299. The van der Waals surface area contributed by atoms with Gasteiger partial charge in [-0.15, -0.1) is 0 Å². The Kier molecular flexibility index (Phi) is 3.10. The molecule has 1 saturated carbocycles. The van der Waals surface area contributed by atoms with E-state index in [0.717, 1.165) is 22.9 Å². The van der Waals surface area contributed by atoms with Crippen LogP contribution in [0.1, 0.15) is 25.7 Å². The van der Waals surface area contributed by atoms with E-state index < -0.39 is 0 Å². The summed E-state index contributed by atoms with van der Waals surface area (Å²) in [6.07, 6.45) is 5.86. The number of likely N-dealkylation sites (tertiary alicyclic amines) is 1. The van der Waals surface area contributed by atoms with Crippen molar-refractivity contribution in [3.8, 4) is 0 Å². The maximum Gasteiger partial charge on any atom is 0.0294 e. The fraction of sp³-hybridized carbons (Fsp3) is 0.818. The van der Waals surface area contributed by atoms with E-state index in [0.29, 0.717) is 0 Å². The molecule has 0 radical (unpaired) electrons. The summed E-state index contributed by atoms with van der Waals surface area (Å²) >= 11 is 3.45. The van der Waals surface area contributed by atoms with Gasteiger partial charge in [0, 0.05) is 24.1 Å². The summed E-state index contributed by atoms with van der Waals surface area (Å²) < 4.78 is 1.13. The second kappa shape index (κ2) is 4.14. The molecule has 2 heteroatoms. The molecule has 2 fully saturated rings. The van der Waals surface area contributed by atoms with E-state index in [1.165, 1.54) is 38.8 Å². The van der Waals surface area contributed by atoms with Crippen LogP contribution in [0.3, 0.4) is 0 Å². The van der Waals surface area contributed by atoms with Gasteiger partial charge in [-0.1, -0.05) is 35.4 Å². The Labute approximate surface area is 89.3 Å². The Morgan fingerprint density at radius 3 is 2.23 bits per heavy atom. The third-order valence-electron chi connectivity index (χ3n) is 3.45. The van der Waals surface area contributed by atoms with E-state index in [2.05, 4.69) is 27.4 Å². The number of fused-ring (bicyclic) bond motifs is 1. The molecule has 0 amide bonds. The fourth-order valence-electron chi connectivity index (χ4n) is 2.87. The van der Waals surface area contributed by atoms with Crippen LogP contribution in [0.25, 0.3) is 0 Å². The summed E-state index contributed by atoms with van der Waals surface area (Å²) in [5.41, 5.74) is 0. The molecule has 1 saturated heterocycles. The van der Waals surface area contributed by atoms with Crippen LogP contribution in [0.5, 0.6) is 0 Å². The molecule has 2 rings (SSSR count). The van der Waals surface area contributed by atoms with Gasteiger partial charge in [-0.25, -0.2) is 0 Å². The van der Waals surface area contributed by atoms with Gasteiger partial charge in [-0.05, 0) is 24.7 Å². The van der Waals surface area contributed by atoms with Crippen LogP contribution in [0.15, 0.2) is 11.1 Å². The maximum absolute atomic E-state index is 3.91. The van der Waals surface area contributed by atoms with E-state index in [1.807, 2.05) is 0 Å². The highest BCUT2D eigenvalue weighted by Gasteiger charge is 2.33. The zero-order valence-electron chi connectivity index (χ0n) is 8.14. The largest absolute Gasteiger partial charge is 0.298 e. The van der Waals surface area contributed by atoms with Crippen molar-refractivity contribution in [1.29, 1.82) is 0 Å². The van der Waals surface area contributed by atoms with Crippen LogP contribution in [-0.4, -0.2) is 24.5 Å². The second-order valence-corrected chi connectivity index (χ2v) is 5.64. The molecule has 2 atom stereocenters. The molecular weight excluding hydrogens is 226 g/mol. The molecule has 0 aromatic heterocycles. The van der Waals surface area contributed by atoms with Crippen molar-refractivity contribution in [3.63, 3.8) is 0 Å². The number of halogens is 1. The van der Waals surface area contributed by atoms with Crippen LogP contribution in [0, 0.1) is 11.8 Å². The molecule has 0 unspecified atom stereocenters. The second-order valence-electron chi connectivity index (χ2n) is 4.52. The molecule has 0 aromatic carbocycles. The summed E-state index contributed by atoms with van der Waals surface area (Å²) in [5, 5.41) is 0. The number of rotatable bonds is 2. The highest BCUT2D eigenvalue weighted by atomic mass is 79.9. The van der Waals surface area contributed by atoms with E-state index in [1.54, 1.807) is 0 Å². The average Bonchev–Trinajstić information content (AvgIpc) is 2.44. The summed E-state index contributed by atoms with van der Waals surface area (Å²) in [6, 6.07) is 0. The van der Waals surface area contributed by atoms with Gasteiger partial charge in [-0.2, -0.15) is 0 Å². The van der Waals surface area contributed by atoms with Crippen LogP contribution in [0.2, 0.25) is 0 Å². The van der Waals surface area contributed by atoms with Crippen LogP contribution >= 0.6 is 15.9 Å². The summed E-state index contributed by atoms with van der Waals surface area (Å²) in [4.78, 5) is 2.55. The first-order valence-electron chi connectivity index (χ1n) is 5.31. The molecule has 0 aromatic rings. The molecule has 1 aliphatic heterocycles. The summed E-state index contributed by atoms with van der Waals surface area (Å²) in [5.74, 6) is 2.00. The minimum atomic E-state index is 1.00. The maximum atomic E-state index is 3.91. The number of hydrogen-bond acceptors (Lipinski definition) is 1. The van der Waals surface area contributed by atoms with Crippen LogP contribution in [-0.2, 0) is 0 Å². The molecule has 0 N–H and O–H groups in total. The Bertz CT molecular complexity index is 188. The predicted octanol–water partition coefficient (Wildman–Crippen LogP) is 3.02. The molecule has 1 nitrogen and oxygen atoms in total. The molecule has 0 bridgehead atoms. The van der Waals surface area contributed by atoms with Crippen LogP contribution in [0.4, 0.5) is 0 Å². The molecule has 2 aliphatic rings. The Balaban J connectivity index is 1.87. The molecule has 74 valence electrons. The Hall–Kier alpha value is 0.180. The van der Waals surface area contributed by atoms with Crippen molar-refractivity contribution < 1.29 is 0 Å². The van der Waals surface area contributed by atoms with Gasteiger partial charge in [0.25, 0.3) is 0 Å². The monoisotopic (exact) mass is 243 g/mol. The van der Waals surface area contributed by atoms with E-state index >= 15 is 0 Å². The van der Waals surface area contributed by atoms with E-state index in [-0.39, 0.29) is 0 Å². The Morgan fingerprint density at radius 1 is 1.23 bits per heavy atom. The zero-order valence-corrected chi connectivity index (χ0v) is 9.72. The first-order chi connectivity index (χ1) is 6.25. The number of nitrogens with zero attached hydrogens (tertiary/aromatic N) is 1. The van der Waals surface area contributed by atoms with Crippen molar-refractivity contribution in [2.45, 2.75) is 25.7 Å². The fourth-order valence-corrected chi connectivity index (χ4v) is 3.23. The van der Waals surface area contributed by atoms with Crippen molar-refractivity contribution in [1.82, 2.24) is 4.90 Å². The van der Waals surface area contributed by atoms with Crippen LogP contribution < -0.4 is 0 Å². The first-order valence-corrected chi connectivity index (χ1v) is 6.10. The van der Waals surface area contributed by atoms with E-state index in [4.69, 9.17) is 0 Å². The van der Waals surface area contributed by atoms with Crippen molar-refractivity contribution in [2.75, 3.05) is 19.6 Å². The van der Waals surface area contributed by atoms with Gasteiger partial charge < -0.3 is 0 Å². The van der Waals surface area contributed by atoms with Gasteiger partial charge in [0.05, 0.1) is 0 Å². The van der Waals surface area contributed by atoms with E-state index in [9.17, 15) is 0 Å².